The summed E-state index contributed by atoms with van der Waals surface area (Å²) < 4.78 is 46.1. The average molecular weight is 592 g/mol. The van der Waals surface area contributed by atoms with Crippen molar-refractivity contribution in [3.8, 4) is 5.75 Å². The molecule has 1 aliphatic rings. The van der Waals surface area contributed by atoms with Crippen molar-refractivity contribution in [3.63, 3.8) is 0 Å². The number of hydrogen-bond acceptors (Lipinski definition) is 5. The van der Waals surface area contributed by atoms with Crippen molar-refractivity contribution in [3.05, 3.63) is 59.7 Å². The van der Waals surface area contributed by atoms with Crippen molar-refractivity contribution in [2.45, 2.75) is 72.2 Å². The third kappa shape index (κ3) is 10.3. The minimum Gasteiger partial charge on any atom is -0.466 e. The van der Waals surface area contributed by atoms with E-state index in [1.807, 2.05) is 12.1 Å². The van der Waals surface area contributed by atoms with Crippen molar-refractivity contribution in [1.29, 1.82) is 0 Å². The summed E-state index contributed by atoms with van der Waals surface area (Å²) >= 11 is 0. The second-order valence-corrected chi connectivity index (χ2v) is 11.6. The molecular formula is C31H40F3N3O5. The van der Waals surface area contributed by atoms with Crippen molar-refractivity contribution in [2.75, 3.05) is 18.5 Å². The number of halogens is 3. The van der Waals surface area contributed by atoms with E-state index in [0.717, 1.165) is 43.4 Å². The Kier molecular flexibility index (Phi) is 11.2. The maximum absolute atomic E-state index is 13.0. The molecule has 0 bridgehead atoms. The molecule has 3 N–H and O–H groups in total. The summed E-state index contributed by atoms with van der Waals surface area (Å²) in [5.41, 5.74) is 1.76. The summed E-state index contributed by atoms with van der Waals surface area (Å²) in [5, 5.41) is 8.44. The third-order valence-electron chi connectivity index (χ3n) is 7.55. The number of carbonyl (C=O) groups excluding carboxylic acids is 3. The SMILES string of the molecule is CCOC(=O)CCNC(=O)c1ccc(C(NC(=O)Nc2ccc(OC(F)(F)F)cc2)[C@H]2CC[C@H](C(C)(C)C)CC2)cc1. The molecule has 2 aromatic rings. The van der Waals surface area contributed by atoms with Gasteiger partial charge in [0.1, 0.15) is 5.75 Å². The van der Waals surface area contributed by atoms with Crippen LogP contribution in [0.4, 0.5) is 23.7 Å². The van der Waals surface area contributed by atoms with Gasteiger partial charge >= 0.3 is 18.4 Å². The first kappa shape index (κ1) is 32.8. The first-order valence-electron chi connectivity index (χ1n) is 14.2. The Morgan fingerprint density at radius 3 is 2.10 bits per heavy atom. The Labute approximate surface area is 244 Å². The number of hydrogen-bond donors (Lipinski definition) is 3. The summed E-state index contributed by atoms with van der Waals surface area (Å²) in [6.45, 7) is 8.87. The quantitative estimate of drug-likeness (QED) is 0.259. The highest BCUT2D eigenvalue weighted by Crippen LogP contribution is 2.43. The van der Waals surface area contributed by atoms with Gasteiger partial charge in [-0.3, -0.25) is 9.59 Å². The maximum atomic E-state index is 13.0. The molecule has 0 saturated heterocycles. The number of alkyl halides is 3. The van der Waals surface area contributed by atoms with E-state index in [1.54, 1.807) is 19.1 Å². The molecule has 1 unspecified atom stereocenters. The molecule has 0 heterocycles. The smallest absolute Gasteiger partial charge is 0.466 e. The van der Waals surface area contributed by atoms with Crippen LogP contribution < -0.4 is 20.7 Å². The van der Waals surface area contributed by atoms with Crippen LogP contribution in [0, 0.1) is 17.3 Å². The lowest BCUT2D eigenvalue weighted by molar-refractivity contribution is -0.274. The van der Waals surface area contributed by atoms with Gasteiger partial charge in [-0.1, -0.05) is 32.9 Å². The number of esters is 1. The third-order valence-corrected chi connectivity index (χ3v) is 7.55. The van der Waals surface area contributed by atoms with E-state index in [1.165, 1.54) is 12.1 Å². The van der Waals surface area contributed by atoms with E-state index in [0.29, 0.717) is 17.2 Å². The van der Waals surface area contributed by atoms with Gasteiger partial charge in [-0.05, 0) is 91.8 Å². The minimum atomic E-state index is -4.80. The second kappa shape index (κ2) is 14.4. The summed E-state index contributed by atoms with van der Waals surface area (Å²) in [6, 6.07) is 11.1. The molecule has 0 radical (unpaired) electrons. The van der Waals surface area contributed by atoms with Crippen molar-refractivity contribution >= 4 is 23.6 Å². The molecule has 1 atom stereocenters. The van der Waals surface area contributed by atoms with Crippen LogP contribution in [0.25, 0.3) is 0 Å². The van der Waals surface area contributed by atoms with E-state index < -0.39 is 12.4 Å². The Bertz CT molecular complexity index is 1190. The van der Waals surface area contributed by atoms with E-state index in [-0.39, 0.29) is 54.6 Å². The topological polar surface area (TPSA) is 106 Å². The highest BCUT2D eigenvalue weighted by Gasteiger charge is 2.34. The number of benzene rings is 2. The van der Waals surface area contributed by atoms with Crippen molar-refractivity contribution in [2.24, 2.45) is 17.3 Å². The van der Waals surface area contributed by atoms with Crippen LogP contribution >= 0.6 is 0 Å². The lowest BCUT2D eigenvalue weighted by Crippen LogP contribution is -2.38. The average Bonchev–Trinajstić information content (AvgIpc) is 2.92. The Morgan fingerprint density at radius 1 is 0.929 bits per heavy atom. The van der Waals surface area contributed by atoms with Crippen LogP contribution in [0.5, 0.6) is 5.75 Å². The Morgan fingerprint density at radius 2 is 1.55 bits per heavy atom. The fraction of sp³-hybridized carbons (Fsp3) is 0.516. The van der Waals surface area contributed by atoms with Gasteiger partial charge in [0.25, 0.3) is 5.91 Å². The molecular weight excluding hydrogens is 551 g/mol. The van der Waals surface area contributed by atoms with E-state index in [9.17, 15) is 27.6 Å². The predicted octanol–water partition coefficient (Wildman–Crippen LogP) is 6.98. The maximum Gasteiger partial charge on any atom is 0.573 e. The molecule has 0 spiro atoms. The monoisotopic (exact) mass is 591 g/mol. The van der Waals surface area contributed by atoms with Gasteiger partial charge in [0.2, 0.25) is 0 Å². The Balaban J connectivity index is 1.70. The second-order valence-electron chi connectivity index (χ2n) is 11.6. The lowest BCUT2D eigenvalue weighted by atomic mass is 9.68. The molecule has 0 aromatic heterocycles. The van der Waals surface area contributed by atoms with Crippen LogP contribution in [0.1, 0.15) is 81.8 Å². The molecule has 1 aliphatic carbocycles. The zero-order valence-corrected chi connectivity index (χ0v) is 24.5. The number of anilines is 1. The highest BCUT2D eigenvalue weighted by molar-refractivity contribution is 5.94. The molecule has 42 heavy (non-hydrogen) atoms. The van der Waals surface area contributed by atoms with Crippen LogP contribution in [0.3, 0.4) is 0 Å². The Hall–Kier alpha value is -3.76. The fourth-order valence-corrected chi connectivity index (χ4v) is 5.30. The van der Waals surface area contributed by atoms with Crippen LogP contribution in [-0.4, -0.2) is 37.4 Å². The molecule has 3 rings (SSSR count). The van der Waals surface area contributed by atoms with Gasteiger partial charge in [0.05, 0.1) is 19.1 Å². The summed E-state index contributed by atoms with van der Waals surface area (Å²) in [7, 11) is 0. The van der Waals surface area contributed by atoms with Crippen LogP contribution in [0.2, 0.25) is 0 Å². The van der Waals surface area contributed by atoms with Gasteiger partial charge in [0.15, 0.2) is 0 Å². The first-order valence-corrected chi connectivity index (χ1v) is 14.2. The predicted molar refractivity (Wildman–Crippen MR) is 153 cm³/mol. The van der Waals surface area contributed by atoms with Gasteiger partial charge < -0.3 is 25.4 Å². The zero-order chi connectivity index (χ0) is 30.9. The number of rotatable bonds is 10. The molecule has 230 valence electrons. The summed E-state index contributed by atoms with van der Waals surface area (Å²) in [4.78, 5) is 37.1. The minimum absolute atomic E-state index is 0.0775. The largest absolute Gasteiger partial charge is 0.573 e. The number of ether oxygens (including phenoxy) is 2. The zero-order valence-electron chi connectivity index (χ0n) is 24.5. The van der Waals surface area contributed by atoms with Crippen molar-refractivity contribution in [1.82, 2.24) is 10.6 Å². The van der Waals surface area contributed by atoms with Gasteiger partial charge in [0, 0.05) is 17.8 Å². The molecule has 0 aliphatic heterocycles. The summed E-state index contributed by atoms with van der Waals surface area (Å²) in [6.07, 6.45) is -0.859. The highest BCUT2D eigenvalue weighted by atomic mass is 19.4. The van der Waals surface area contributed by atoms with E-state index in [4.69, 9.17) is 4.74 Å². The molecule has 2 aromatic carbocycles. The summed E-state index contributed by atoms with van der Waals surface area (Å²) in [5.74, 6) is -0.363. The lowest BCUT2D eigenvalue weighted by Gasteiger charge is -2.39. The van der Waals surface area contributed by atoms with Crippen LogP contribution in [0.15, 0.2) is 48.5 Å². The fourth-order valence-electron chi connectivity index (χ4n) is 5.30. The molecule has 11 heteroatoms. The standard InChI is InChI=1S/C31H40F3N3O5/c1-5-41-26(38)18-19-35-28(39)22-8-6-20(7-9-22)27(21-10-12-23(13-11-21)30(2,3)4)37-29(40)36-24-14-16-25(17-15-24)42-31(32,33)34/h6-9,14-17,21,23,27H,5,10-13,18-19H2,1-4H3,(H,35,39)(H2,36,37,40)/t21-,23-,27?. The van der Waals surface area contributed by atoms with Gasteiger partial charge in [-0.2, -0.15) is 0 Å². The molecule has 1 fully saturated rings. The normalized spacial score (nSPS) is 18.0. The van der Waals surface area contributed by atoms with E-state index >= 15 is 0 Å². The molecule has 1 saturated carbocycles. The first-order chi connectivity index (χ1) is 19.7. The number of carbonyl (C=O) groups is 3. The number of urea groups is 1. The van der Waals surface area contributed by atoms with Crippen LogP contribution in [-0.2, 0) is 9.53 Å². The molecule has 3 amide bonds. The van der Waals surface area contributed by atoms with E-state index in [2.05, 4.69) is 41.5 Å². The van der Waals surface area contributed by atoms with Gasteiger partial charge in [-0.15, -0.1) is 13.2 Å². The number of nitrogens with one attached hydrogen (secondary N) is 3. The molecule has 8 nitrogen and oxygen atoms in total. The van der Waals surface area contributed by atoms with Crippen molar-refractivity contribution < 1.29 is 37.0 Å². The number of amides is 3. The van der Waals surface area contributed by atoms with Gasteiger partial charge in [-0.25, -0.2) is 4.79 Å².